The molecular formula is C11H16N4. The minimum atomic E-state index is 0.00630. The molecule has 0 radical (unpaired) electrons. The van der Waals surface area contributed by atoms with Crippen molar-refractivity contribution in [1.82, 2.24) is 14.4 Å². The summed E-state index contributed by atoms with van der Waals surface area (Å²) < 4.78 is 1.94. The summed E-state index contributed by atoms with van der Waals surface area (Å²) in [6.45, 7) is 6.19. The number of fused-ring (bicyclic) bond motifs is 1. The number of rotatable bonds is 2. The summed E-state index contributed by atoms with van der Waals surface area (Å²) in [5.74, 6) is 1.16. The van der Waals surface area contributed by atoms with Gasteiger partial charge in [0.2, 0.25) is 5.78 Å². The minimum Gasteiger partial charge on any atom is -0.324 e. The molecule has 0 saturated heterocycles. The highest BCUT2D eigenvalue weighted by atomic mass is 15.1. The van der Waals surface area contributed by atoms with E-state index in [0.29, 0.717) is 5.92 Å². The zero-order valence-electron chi connectivity index (χ0n) is 9.31. The van der Waals surface area contributed by atoms with Crippen molar-refractivity contribution < 1.29 is 0 Å². The van der Waals surface area contributed by atoms with E-state index in [2.05, 4.69) is 23.8 Å². The molecule has 4 nitrogen and oxygen atoms in total. The first-order chi connectivity index (χ1) is 7.08. The first-order valence-electron chi connectivity index (χ1n) is 5.18. The van der Waals surface area contributed by atoms with E-state index in [-0.39, 0.29) is 6.04 Å². The van der Waals surface area contributed by atoms with Crippen LogP contribution in [-0.2, 0) is 0 Å². The monoisotopic (exact) mass is 204 g/mol. The lowest BCUT2D eigenvalue weighted by Gasteiger charge is -2.03. The minimum absolute atomic E-state index is 0.00630. The summed E-state index contributed by atoms with van der Waals surface area (Å²) in [6.07, 6.45) is 5.79. The normalized spacial score (nSPS) is 13.7. The van der Waals surface area contributed by atoms with Crippen molar-refractivity contribution in [2.45, 2.75) is 32.7 Å². The van der Waals surface area contributed by atoms with Crippen LogP contribution in [0.2, 0.25) is 0 Å². The van der Waals surface area contributed by atoms with Gasteiger partial charge in [-0.25, -0.2) is 9.97 Å². The Balaban J connectivity index is 2.52. The van der Waals surface area contributed by atoms with Crippen LogP contribution < -0.4 is 5.73 Å². The number of hydrogen-bond acceptors (Lipinski definition) is 3. The predicted octanol–water partition coefficient (Wildman–Crippen LogP) is 1.87. The molecule has 2 aromatic heterocycles. The topological polar surface area (TPSA) is 56.2 Å². The highest BCUT2D eigenvalue weighted by Crippen LogP contribution is 2.15. The second-order valence-corrected chi connectivity index (χ2v) is 4.20. The van der Waals surface area contributed by atoms with Gasteiger partial charge in [0.15, 0.2) is 0 Å². The molecule has 4 heteroatoms. The van der Waals surface area contributed by atoms with E-state index < -0.39 is 0 Å². The van der Waals surface area contributed by atoms with Crippen LogP contribution in [0, 0.1) is 0 Å². The third kappa shape index (κ3) is 1.85. The number of aromatic nitrogens is 3. The molecule has 80 valence electrons. The maximum Gasteiger partial charge on any atom is 0.233 e. The average molecular weight is 204 g/mol. The highest BCUT2D eigenvalue weighted by Gasteiger charge is 2.07. The summed E-state index contributed by atoms with van der Waals surface area (Å²) >= 11 is 0. The molecule has 0 amide bonds. The molecular weight excluding hydrogens is 188 g/mol. The Morgan fingerprint density at radius 1 is 1.27 bits per heavy atom. The van der Waals surface area contributed by atoms with E-state index in [4.69, 9.17) is 5.73 Å². The third-order valence-corrected chi connectivity index (χ3v) is 2.47. The van der Waals surface area contributed by atoms with Crippen LogP contribution in [-0.4, -0.2) is 14.4 Å². The Labute approximate surface area is 89.2 Å². The maximum atomic E-state index is 5.80. The van der Waals surface area contributed by atoms with Crippen LogP contribution in [0.25, 0.3) is 5.78 Å². The van der Waals surface area contributed by atoms with E-state index >= 15 is 0 Å². The predicted molar refractivity (Wildman–Crippen MR) is 59.7 cm³/mol. The molecule has 0 aliphatic heterocycles. The van der Waals surface area contributed by atoms with Gasteiger partial charge in [0.25, 0.3) is 0 Å². The Morgan fingerprint density at radius 3 is 2.60 bits per heavy atom. The van der Waals surface area contributed by atoms with Crippen molar-refractivity contribution in [2.75, 3.05) is 0 Å². The first kappa shape index (κ1) is 10.1. The molecule has 15 heavy (non-hydrogen) atoms. The Bertz CT molecular complexity index is 464. The summed E-state index contributed by atoms with van der Waals surface area (Å²) in [6, 6.07) is 0.00630. The standard InChI is InChI=1S/C11H16N4/c1-7(2)10-6-15-5-9(8(3)12)4-13-11(15)14-10/h4-8H,12H2,1-3H3. The summed E-state index contributed by atoms with van der Waals surface area (Å²) in [7, 11) is 0. The molecule has 1 atom stereocenters. The van der Waals surface area contributed by atoms with Crippen molar-refractivity contribution in [3.05, 3.63) is 29.8 Å². The largest absolute Gasteiger partial charge is 0.324 e. The molecule has 2 N–H and O–H groups in total. The fourth-order valence-electron chi connectivity index (χ4n) is 1.43. The van der Waals surface area contributed by atoms with E-state index in [9.17, 15) is 0 Å². The molecule has 0 bridgehead atoms. The molecule has 0 aromatic carbocycles. The second kappa shape index (κ2) is 3.62. The Hall–Kier alpha value is -1.42. The van der Waals surface area contributed by atoms with Crippen LogP contribution in [0.5, 0.6) is 0 Å². The molecule has 2 heterocycles. The average Bonchev–Trinajstić information content (AvgIpc) is 2.59. The quantitative estimate of drug-likeness (QED) is 0.812. The first-order valence-corrected chi connectivity index (χ1v) is 5.18. The molecule has 0 saturated carbocycles. The number of hydrogen-bond donors (Lipinski definition) is 1. The molecule has 2 aromatic rings. The van der Waals surface area contributed by atoms with E-state index in [1.165, 1.54) is 0 Å². The lowest BCUT2D eigenvalue weighted by Crippen LogP contribution is -2.06. The Morgan fingerprint density at radius 2 is 2.00 bits per heavy atom. The molecule has 0 aliphatic rings. The van der Waals surface area contributed by atoms with E-state index in [1.54, 1.807) is 6.20 Å². The smallest absolute Gasteiger partial charge is 0.233 e. The number of nitrogens with zero attached hydrogens (tertiary/aromatic N) is 3. The van der Waals surface area contributed by atoms with Crippen molar-refractivity contribution in [2.24, 2.45) is 5.73 Å². The van der Waals surface area contributed by atoms with E-state index in [1.807, 2.05) is 23.7 Å². The summed E-state index contributed by atoms with van der Waals surface area (Å²) in [4.78, 5) is 8.70. The van der Waals surface area contributed by atoms with Gasteiger partial charge in [-0.2, -0.15) is 0 Å². The van der Waals surface area contributed by atoms with Gasteiger partial charge >= 0.3 is 0 Å². The number of nitrogens with two attached hydrogens (primary N) is 1. The zero-order chi connectivity index (χ0) is 11.0. The summed E-state index contributed by atoms with van der Waals surface area (Å²) in [5, 5.41) is 0. The van der Waals surface area contributed by atoms with Crippen molar-refractivity contribution in [3.8, 4) is 0 Å². The second-order valence-electron chi connectivity index (χ2n) is 4.20. The SMILES string of the molecule is CC(C)c1cn2cc(C(C)N)cnc2n1. The molecule has 0 aliphatic carbocycles. The maximum absolute atomic E-state index is 5.80. The summed E-state index contributed by atoms with van der Waals surface area (Å²) in [5.41, 5.74) is 7.88. The van der Waals surface area contributed by atoms with Crippen molar-refractivity contribution >= 4 is 5.78 Å². The van der Waals surface area contributed by atoms with Gasteiger partial charge in [-0.1, -0.05) is 13.8 Å². The zero-order valence-corrected chi connectivity index (χ0v) is 9.31. The molecule has 0 spiro atoms. The van der Waals surface area contributed by atoms with Crippen LogP contribution in [0.3, 0.4) is 0 Å². The van der Waals surface area contributed by atoms with Gasteiger partial charge in [-0.05, 0) is 12.8 Å². The molecule has 1 unspecified atom stereocenters. The Kier molecular flexibility index (Phi) is 2.44. The fraction of sp³-hybridized carbons (Fsp3) is 0.455. The van der Waals surface area contributed by atoms with Gasteiger partial charge in [0.1, 0.15) is 0 Å². The van der Waals surface area contributed by atoms with Crippen molar-refractivity contribution in [3.63, 3.8) is 0 Å². The van der Waals surface area contributed by atoms with Gasteiger partial charge < -0.3 is 5.73 Å². The third-order valence-electron chi connectivity index (χ3n) is 2.47. The van der Waals surface area contributed by atoms with Crippen LogP contribution in [0.15, 0.2) is 18.6 Å². The highest BCUT2D eigenvalue weighted by molar-refractivity contribution is 5.33. The lowest BCUT2D eigenvalue weighted by atomic mass is 10.2. The molecule has 0 fully saturated rings. The molecule has 2 rings (SSSR count). The number of imidazole rings is 1. The van der Waals surface area contributed by atoms with Crippen LogP contribution >= 0.6 is 0 Å². The van der Waals surface area contributed by atoms with Gasteiger partial charge in [-0.3, -0.25) is 4.40 Å². The van der Waals surface area contributed by atoms with Crippen LogP contribution in [0.1, 0.15) is 44.0 Å². The van der Waals surface area contributed by atoms with Gasteiger partial charge in [0, 0.05) is 30.2 Å². The van der Waals surface area contributed by atoms with E-state index in [0.717, 1.165) is 17.0 Å². The fourth-order valence-corrected chi connectivity index (χ4v) is 1.43. The van der Waals surface area contributed by atoms with Gasteiger partial charge in [-0.15, -0.1) is 0 Å². The van der Waals surface area contributed by atoms with Gasteiger partial charge in [0.05, 0.1) is 5.69 Å². The van der Waals surface area contributed by atoms with Crippen LogP contribution in [0.4, 0.5) is 0 Å². The van der Waals surface area contributed by atoms with Crippen molar-refractivity contribution in [1.29, 1.82) is 0 Å². The lowest BCUT2D eigenvalue weighted by molar-refractivity contribution is 0.799.